The van der Waals surface area contributed by atoms with Crippen molar-refractivity contribution in [1.29, 1.82) is 0 Å². The van der Waals surface area contributed by atoms with Crippen molar-refractivity contribution in [1.82, 2.24) is 10.2 Å². The van der Waals surface area contributed by atoms with Gasteiger partial charge in [-0.05, 0) is 25.3 Å². The highest BCUT2D eigenvalue weighted by Crippen LogP contribution is 2.25. The van der Waals surface area contributed by atoms with Crippen LogP contribution in [-0.4, -0.2) is 48.1 Å². The maximum absolute atomic E-state index is 12.2. The van der Waals surface area contributed by atoms with Crippen molar-refractivity contribution in [2.24, 2.45) is 17.8 Å². The second-order valence-electron chi connectivity index (χ2n) is 5.21. The molecule has 2 unspecified atom stereocenters. The van der Waals surface area contributed by atoms with Crippen LogP contribution in [0.4, 0.5) is 0 Å². The van der Waals surface area contributed by atoms with Crippen LogP contribution in [0.5, 0.6) is 0 Å². The standard InChI is InChI=1S/C12H20N2O3/c1-8-6-14(7-10(8)12(16)17)11(15)9-3-2-4-13-5-9/h8-10,13H,2-7H2,1H3,(H,16,17)/t8?,9-,10?/m0/s1. The highest BCUT2D eigenvalue weighted by Gasteiger charge is 2.38. The topological polar surface area (TPSA) is 69.6 Å². The Balaban J connectivity index is 1.94. The lowest BCUT2D eigenvalue weighted by Gasteiger charge is -2.26. The van der Waals surface area contributed by atoms with E-state index in [4.69, 9.17) is 5.11 Å². The number of carboxylic acids is 1. The molecule has 2 heterocycles. The average molecular weight is 240 g/mol. The Morgan fingerprint density at radius 2 is 2.12 bits per heavy atom. The van der Waals surface area contributed by atoms with E-state index in [1.807, 2.05) is 6.92 Å². The van der Waals surface area contributed by atoms with Gasteiger partial charge in [-0.2, -0.15) is 0 Å². The third-order valence-electron chi connectivity index (χ3n) is 3.89. The molecule has 0 spiro atoms. The number of hydrogen-bond donors (Lipinski definition) is 2. The predicted molar refractivity (Wildman–Crippen MR) is 62.5 cm³/mol. The fraction of sp³-hybridized carbons (Fsp3) is 0.833. The van der Waals surface area contributed by atoms with Gasteiger partial charge in [0.15, 0.2) is 0 Å². The Morgan fingerprint density at radius 3 is 2.65 bits per heavy atom. The molecule has 5 heteroatoms. The van der Waals surface area contributed by atoms with Gasteiger partial charge in [0.05, 0.1) is 11.8 Å². The van der Waals surface area contributed by atoms with Gasteiger partial charge in [0.2, 0.25) is 5.91 Å². The molecule has 17 heavy (non-hydrogen) atoms. The Kier molecular flexibility index (Phi) is 3.66. The number of likely N-dealkylation sites (tertiary alicyclic amines) is 1. The maximum Gasteiger partial charge on any atom is 0.308 e. The van der Waals surface area contributed by atoms with Crippen molar-refractivity contribution in [3.63, 3.8) is 0 Å². The monoisotopic (exact) mass is 240 g/mol. The van der Waals surface area contributed by atoms with Crippen LogP contribution in [0.15, 0.2) is 0 Å². The van der Waals surface area contributed by atoms with Crippen molar-refractivity contribution in [3.05, 3.63) is 0 Å². The van der Waals surface area contributed by atoms with Crippen molar-refractivity contribution < 1.29 is 14.7 Å². The predicted octanol–water partition coefficient (Wildman–Crippen LogP) is 0.165. The Morgan fingerprint density at radius 1 is 1.35 bits per heavy atom. The molecule has 96 valence electrons. The summed E-state index contributed by atoms with van der Waals surface area (Å²) in [5.74, 6) is -0.936. The molecule has 2 aliphatic heterocycles. The fourth-order valence-corrected chi connectivity index (χ4v) is 2.79. The van der Waals surface area contributed by atoms with Crippen LogP contribution in [0.1, 0.15) is 19.8 Å². The molecule has 0 aromatic rings. The van der Waals surface area contributed by atoms with Gasteiger partial charge in [-0.3, -0.25) is 9.59 Å². The van der Waals surface area contributed by atoms with Crippen molar-refractivity contribution in [2.45, 2.75) is 19.8 Å². The van der Waals surface area contributed by atoms with E-state index in [-0.39, 0.29) is 17.7 Å². The van der Waals surface area contributed by atoms with Crippen LogP contribution in [0.25, 0.3) is 0 Å². The molecule has 2 saturated heterocycles. The minimum Gasteiger partial charge on any atom is -0.481 e. The molecule has 2 rings (SSSR count). The van der Waals surface area contributed by atoms with Crippen LogP contribution < -0.4 is 5.32 Å². The van der Waals surface area contributed by atoms with E-state index in [1.54, 1.807) is 4.90 Å². The molecule has 2 aliphatic rings. The molecule has 1 amide bonds. The Labute approximate surface area is 101 Å². The summed E-state index contributed by atoms with van der Waals surface area (Å²) in [5, 5.41) is 12.3. The summed E-state index contributed by atoms with van der Waals surface area (Å²) in [6.07, 6.45) is 1.95. The number of piperidine rings is 1. The summed E-state index contributed by atoms with van der Waals surface area (Å²) in [6.45, 7) is 4.60. The van der Waals surface area contributed by atoms with E-state index in [9.17, 15) is 9.59 Å². The summed E-state index contributed by atoms with van der Waals surface area (Å²) < 4.78 is 0. The molecule has 2 N–H and O–H groups in total. The van der Waals surface area contributed by atoms with Gasteiger partial charge in [-0.15, -0.1) is 0 Å². The first-order valence-corrected chi connectivity index (χ1v) is 6.32. The highest BCUT2D eigenvalue weighted by atomic mass is 16.4. The molecule has 0 saturated carbocycles. The minimum atomic E-state index is -0.783. The van der Waals surface area contributed by atoms with Gasteiger partial charge in [0.25, 0.3) is 0 Å². The summed E-state index contributed by atoms with van der Waals surface area (Å²) >= 11 is 0. The van der Waals surface area contributed by atoms with E-state index in [1.165, 1.54) is 0 Å². The van der Waals surface area contributed by atoms with Crippen LogP contribution in [-0.2, 0) is 9.59 Å². The lowest BCUT2D eigenvalue weighted by atomic mass is 9.98. The number of carbonyl (C=O) groups excluding carboxylic acids is 1. The SMILES string of the molecule is CC1CN(C(=O)[C@H]2CCCNC2)CC1C(=O)O. The van der Waals surface area contributed by atoms with Crippen LogP contribution in [0.2, 0.25) is 0 Å². The zero-order chi connectivity index (χ0) is 12.4. The molecule has 0 aromatic heterocycles. The molecule has 0 radical (unpaired) electrons. The number of amides is 1. The number of nitrogens with zero attached hydrogens (tertiary/aromatic N) is 1. The van der Waals surface area contributed by atoms with Crippen LogP contribution >= 0.6 is 0 Å². The molecule has 0 bridgehead atoms. The van der Waals surface area contributed by atoms with E-state index < -0.39 is 11.9 Å². The number of hydrogen-bond acceptors (Lipinski definition) is 3. The zero-order valence-electron chi connectivity index (χ0n) is 10.2. The van der Waals surface area contributed by atoms with E-state index in [0.29, 0.717) is 13.1 Å². The maximum atomic E-state index is 12.2. The van der Waals surface area contributed by atoms with Gasteiger partial charge >= 0.3 is 5.97 Å². The van der Waals surface area contributed by atoms with Gasteiger partial charge in [0, 0.05) is 19.6 Å². The molecule has 0 aliphatic carbocycles. The van der Waals surface area contributed by atoms with Gasteiger partial charge in [0.1, 0.15) is 0 Å². The van der Waals surface area contributed by atoms with Crippen molar-refractivity contribution >= 4 is 11.9 Å². The first kappa shape index (κ1) is 12.4. The number of nitrogens with one attached hydrogen (secondary N) is 1. The first-order valence-electron chi connectivity index (χ1n) is 6.32. The third-order valence-corrected chi connectivity index (χ3v) is 3.89. The van der Waals surface area contributed by atoms with Gasteiger partial charge < -0.3 is 15.3 Å². The summed E-state index contributed by atoms with van der Waals surface area (Å²) in [7, 11) is 0. The molecule has 0 aromatic carbocycles. The summed E-state index contributed by atoms with van der Waals surface area (Å²) in [6, 6.07) is 0. The second-order valence-corrected chi connectivity index (χ2v) is 5.21. The summed E-state index contributed by atoms with van der Waals surface area (Å²) in [5.41, 5.74) is 0. The zero-order valence-corrected chi connectivity index (χ0v) is 10.2. The number of carboxylic acid groups (broad SMARTS) is 1. The van der Waals surface area contributed by atoms with Crippen molar-refractivity contribution in [3.8, 4) is 0 Å². The van der Waals surface area contributed by atoms with E-state index >= 15 is 0 Å². The van der Waals surface area contributed by atoms with Gasteiger partial charge in [-0.1, -0.05) is 6.92 Å². The molecular formula is C12H20N2O3. The third kappa shape index (κ3) is 2.60. The number of rotatable bonds is 2. The lowest BCUT2D eigenvalue weighted by molar-refractivity contribution is -0.142. The van der Waals surface area contributed by atoms with E-state index in [2.05, 4.69) is 5.32 Å². The van der Waals surface area contributed by atoms with Gasteiger partial charge in [-0.25, -0.2) is 0 Å². The number of aliphatic carboxylic acids is 1. The first-order chi connectivity index (χ1) is 8.09. The van der Waals surface area contributed by atoms with Crippen LogP contribution in [0.3, 0.4) is 0 Å². The quantitative estimate of drug-likeness (QED) is 0.721. The molecule has 3 atom stereocenters. The minimum absolute atomic E-state index is 0.0449. The molecular weight excluding hydrogens is 220 g/mol. The normalized spacial score (nSPS) is 33.7. The largest absolute Gasteiger partial charge is 0.481 e. The molecule has 2 fully saturated rings. The smallest absolute Gasteiger partial charge is 0.308 e. The fourth-order valence-electron chi connectivity index (χ4n) is 2.79. The molecule has 5 nitrogen and oxygen atoms in total. The summed E-state index contributed by atoms with van der Waals surface area (Å²) in [4.78, 5) is 25.0. The highest BCUT2D eigenvalue weighted by molar-refractivity contribution is 5.81. The Bertz CT molecular complexity index is 313. The van der Waals surface area contributed by atoms with Crippen LogP contribution in [0, 0.1) is 17.8 Å². The lowest BCUT2D eigenvalue weighted by Crippen LogP contribution is -2.42. The van der Waals surface area contributed by atoms with Crippen molar-refractivity contribution in [2.75, 3.05) is 26.2 Å². The average Bonchev–Trinajstić information content (AvgIpc) is 2.71. The number of carbonyl (C=O) groups is 2. The second kappa shape index (κ2) is 5.04. The Hall–Kier alpha value is -1.10. The van der Waals surface area contributed by atoms with E-state index in [0.717, 1.165) is 25.9 Å².